The quantitative estimate of drug-likeness (QED) is 0.629. The second-order valence-corrected chi connectivity index (χ2v) is 5.50. The van der Waals surface area contributed by atoms with Gasteiger partial charge in [0.15, 0.2) is 0 Å². The van der Waals surface area contributed by atoms with E-state index in [0.29, 0.717) is 5.75 Å². The molecule has 0 saturated heterocycles. The number of nitrogens with zero attached hydrogens (tertiary/aromatic N) is 1. The first-order chi connectivity index (χ1) is 9.09. The molecule has 0 amide bonds. The van der Waals surface area contributed by atoms with E-state index < -0.39 is 5.54 Å². The van der Waals surface area contributed by atoms with Gasteiger partial charge in [-0.3, -0.25) is 0 Å². The van der Waals surface area contributed by atoms with Crippen molar-refractivity contribution >= 4 is 22.0 Å². The highest BCUT2D eigenvalue weighted by atomic mass is 79.9. The molecule has 0 N–H and O–H groups in total. The highest BCUT2D eigenvalue weighted by Crippen LogP contribution is 2.52. The van der Waals surface area contributed by atoms with Gasteiger partial charge < -0.3 is 9.47 Å². The van der Waals surface area contributed by atoms with Crippen molar-refractivity contribution in [3.63, 3.8) is 0 Å². The molecule has 1 aromatic carbocycles. The molecule has 0 atom stereocenters. The molecule has 0 spiro atoms. The van der Waals surface area contributed by atoms with Gasteiger partial charge in [0.1, 0.15) is 21.5 Å². The lowest BCUT2D eigenvalue weighted by Crippen LogP contribution is -2.32. The molecular formula is C14H16BrNO3. The SMILES string of the molecule is COc1c(C)cc(C2(N=C=O)CCC2)c(OC)c1Br. The first-order valence-corrected chi connectivity index (χ1v) is 6.89. The summed E-state index contributed by atoms with van der Waals surface area (Å²) >= 11 is 3.51. The Hall–Kier alpha value is -1.32. The van der Waals surface area contributed by atoms with Crippen LogP contribution in [0.1, 0.15) is 30.4 Å². The molecule has 0 heterocycles. The molecule has 0 unspecified atom stereocenters. The van der Waals surface area contributed by atoms with Gasteiger partial charge in [0.2, 0.25) is 6.08 Å². The zero-order valence-electron chi connectivity index (χ0n) is 11.2. The summed E-state index contributed by atoms with van der Waals surface area (Å²) in [5.74, 6) is 1.42. The Labute approximate surface area is 120 Å². The molecule has 1 saturated carbocycles. The van der Waals surface area contributed by atoms with Crippen LogP contribution < -0.4 is 9.47 Å². The predicted octanol–water partition coefficient (Wildman–Crippen LogP) is 3.49. The van der Waals surface area contributed by atoms with Crippen molar-refractivity contribution in [2.45, 2.75) is 31.7 Å². The standard InChI is InChI=1S/C14H16BrNO3/c1-9-7-10(14(16-8-17)5-4-6-14)13(19-3)11(15)12(9)18-2/h7H,4-6H2,1-3H3. The Morgan fingerprint density at radius 2 is 1.95 bits per heavy atom. The number of isocyanates is 1. The van der Waals surface area contributed by atoms with Crippen LogP contribution in [0.15, 0.2) is 15.5 Å². The summed E-state index contributed by atoms with van der Waals surface area (Å²) in [6.07, 6.45) is 4.44. The third kappa shape index (κ3) is 2.17. The molecule has 0 radical (unpaired) electrons. The van der Waals surface area contributed by atoms with E-state index in [0.717, 1.165) is 40.6 Å². The largest absolute Gasteiger partial charge is 0.495 e. The van der Waals surface area contributed by atoms with Gasteiger partial charge in [-0.05, 0) is 53.7 Å². The summed E-state index contributed by atoms with van der Waals surface area (Å²) in [6, 6.07) is 1.99. The molecule has 0 bridgehead atoms. The van der Waals surface area contributed by atoms with Gasteiger partial charge in [0.25, 0.3) is 0 Å². The Bertz CT molecular complexity index is 546. The summed E-state index contributed by atoms with van der Waals surface area (Å²) in [5.41, 5.74) is 1.43. The molecule has 0 aliphatic heterocycles. The van der Waals surface area contributed by atoms with E-state index in [2.05, 4.69) is 20.9 Å². The monoisotopic (exact) mass is 325 g/mol. The number of aryl methyl sites for hydroxylation is 1. The zero-order valence-corrected chi connectivity index (χ0v) is 12.8. The number of rotatable bonds is 4. The minimum Gasteiger partial charge on any atom is -0.495 e. The van der Waals surface area contributed by atoms with Crippen LogP contribution >= 0.6 is 15.9 Å². The number of ether oxygens (including phenoxy) is 2. The number of methoxy groups -OCH3 is 2. The number of hydrogen-bond acceptors (Lipinski definition) is 4. The van der Waals surface area contributed by atoms with Crippen LogP contribution in [0.25, 0.3) is 0 Å². The van der Waals surface area contributed by atoms with Gasteiger partial charge in [0.05, 0.1) is 14.2 Å². The molecule has 102 valence electrons. The topological polar surface area (TPSA) is 47.9 Å². The number of halogens is 1. The fourth-order valence-electron chi connectivity index (χ4n) is 2.58. The highest BCUT2D eigenvalue weighted by Gasteiger charge is 2.42. The number of carbonyl (C=O) groups excluding carboxylic acids is 1. The van der Waals surface area contributed by atoms with Crippen molar-refractivity contribution in [1.82, 2.24) is 0 Å². The van der Waals surface area contributed by atoms with Gasteiger partial charge in [-0.1, -0.05) is 0 Å². The van der Waals surface area contributed by atoms with Crippen LogP contribution in [0.2, 0.25) is 0 Å². The summed E-state index contributed by atoms with van der Waals surface area (Å²) in [6.45, 7) is 1.96. The van der Waals surface area contributed by atoms with Crippen LogP contribution in [-0.2, 0) is 10.3 Å². The van der Waals surface area contributed by atoms with Gasteiger partial charge >= 0.3 is 0 Å². The number of benzene rings is 1. The van der Waals surface area contributed by atoms with Crippen molar-refractivity contribution in [2.75, 3.05) is 14.2 Å². The lowest BCUT2D eigenvalue weighted by Gasteiger charge is -2.38. The summed E-state index contributed by atoms with van der Waals surface area (Å²) < 4.78 is 11.6. The predicted molar refractivity (Wildman–Crippen MR) is 75.6 cm³/mol. The van der Waals surface area contributed by atoms with Gasteiger partial charge in [0, 0.05) is 5.56 Å². The lowest BCUT2D eigenvalue weighted by atomic mass is 9.71. The van der Waals surface area contributed by atoms with Gasteiger partial charge in [-0.15, -0.1) is 0 Å². The summed E-state index contributed by atoms with van der Waals surface area (Å²) in [4.78, 5) is 14.7. The fourth-order valence-corrected chi connectivity index (χ4v) is 3.43. The molecular weight excluding hydrogens is 310 g/mol. The average Bonchev–Trinajstić information content (AvgIpc) is 2.34. The Morgan fingerprint density at radius 3 is 2.37 bits per heavy atom. The second kappa shape index (κ2) is 5.35. The maximum Gasteiger partial charge on any atom is 0.235 e. The van der Waals surface area contributed by atoms with E-state index in [-0.39, 0.29) is 0 Å². The molecule has 5 heteroatoms. The van der Waals surface area contributed by atoms with Crippen LogP contribution in [0.5, 0.6) is 11.5 Å². The van der Waals surface area contributed by atoms with E-state index in [9.17, 15) is 4.79 Å². The first kappa shape index (κ1) is 14.1. The van der Waals surface area contributed by atoms with Gasteiger partial charge in [-0.2, -0.15) is 4.99 Å². The highest BCUT2D eigenvalue weighted by molar-refractivity contribution is 9.10. The van der Waals surface area contributed by atoms with E-state index in [1.165, 1.54) is 0 Å². The van der Waals surface area contributed by atoms with Crippen LogP contribution in [0.3, 0.4) is 0 Å². The summed E-state index contributed by atoms with van der Waals surface area (Å²) in [5, 5.41) is 0. The Kier molecular flexibility index (Phi) is 3.97. The third-order valence-electron chi connectivity index (χ3n) is 3.71. The molecule has 1 aliphatic rings. The Morgan fingerprint density at radius 1 is 1.32 bits per heavy atom. The molecule has 1 aromatic rings. The maximum atomic E-state index is 10.7. The fraction of sp³-hybridized carbons (Fsp3) is 0.500. The number of aliphatic imine (C=N–C) groups is 1. The first-order valence-electron chi connectivity index (χ1n) is 6.10. The van der Waals surface area contributed by atoms with Crippen molar-refractivity contribution in [2.24, 2.45) is 4.99 Å². The molecule has 2 rings (SSSR count). The van der Waals surface area contributed by atoms with Crippen LogP contribution in [-0.4, -0.2) is 20.3 Å². The van der Waals surface area contributed by atoms with Crippen LogP contribution in [0, 0.1) is 6.92 Å². The lowest BCUT2D eigenvalue weighted by molar-refractivity contribution is 0.245. The van der Waals surface area contributed by atoms with Gasteiger partial charge in [-0.25, -0.2) is 4.79 Å². The zero-order chi connectivity index (χ0) is 14.0. The minimum absolute atomic E-state index is 0.480. The second-order valence-electron chi connectivity index (χ2n) is 4.71. The Balaban J connectivity index is 2.66. The van der Waals surface area contributed by atoms with Crippen LogP contribution in [0.4, 0.5) is 0 Å². The van der Waals surface area contributed by atoms with Crippen molar-refractivity contribution < 1.29 is 14.3 Å². The molecule has 19 heavy (non-hydrogen) atoms. The van der Waals surface area contributed by atoms with Crippen molar-refractivity contribution in [1.29, 1.82) is 0 Å². The average molecular weight is 326 g/mol. The molecule has 1 fully saturated rings. The van der Waals surface area contributed by atoms with E-state index >= 15 is 0 Å². The van der Waals surface area contributed by atoms with E-state index in [4.69, 9.17) is 9.47 Å². The van der Waals surface area contributed by atoms with Crippen molar-refractivity contribution in [3.05, 3.63) is 21.7 Å². The smallest absolute Gasteiger partial charge is 0.235 e. The molecule has 4 nitrogen and oxygen atoms in total. The molecule has 1 aliphatic carbocycles. The summed E-state index contributed by atoms with van der Waals surface area (Å²) in [7, 11) is 3.23. The third-order valence-corrected chi connectivity index (χ3v) is 4.43. The normalized spacial score (nSPS) is 16.2. The molecule has 0 aromatic heterocycles. The maximum absolute atomic E-state index is 10.7. The number of hydrogen-bond donors (Lipinski definition) is 0. The van der Waals surface area contributed by atoms with Crippen molar-refractivity contribution in [3.8, 4) is 11.5 Å². The van der Waals surface area contributed by atoms with E-state index in [1.54, 1.807) is 20.3 Å². The minimum atomic E-state index is -0.480. The van der Waals surface area contributed by atoms with E-state index in [1.807, 2.05) is 13.0 Å².